The Morgan fingerprint density at radius 2 is 2.04 bits per heavy atom. The molecule has 132 valence electrons. The van der Waals surface area contributed by atoms with Gasteiger partial charge >= 0.3 is 0 Å². The maximum atomic E-state index is 13.2. The summed E-state index contributed by atoms with van der Waals surface area (Å²) in [5.74, 6) is -3.16. The Morgan fingerprint density at radius 1 is 1.33 bits per heavy atom. The van der Waals surface area contributed by atoms with Gasteiger partial charge < -0.3 is 10.1 Å². The van der Waals surface area contributed by atoms with Crippen LogP contribution in [0.5, 0.6) is 0 Å². The number of rotatable bonds is 5. The first-order valence-corrected chi connectivity index (χ1v) is 8.31. The van der Waals surface area contributed by atoms with Crippen LogP contribution in [0.25, 0.3) is 0 Å². The van der Waals surface area contributed by atoms with Crippen LogP contribution in [0.4, 0.5) is 8.78 Å². The molecule has 7 heteroatoms. The van der Waals surface area contributed by atoms with Gasteiger partial charge in [0.2, 0.25) is 5.91 Å². The zero-order chi connectivity index (χ0) is 17.0. The van der Waals surface area contributed by atoms with Crippen molar-refractivity contribution in [2.75, 3.05) is 39.4 Å². The van der Waals surface area contributed by atoms with E-state index in [9.17, 15) is 13.6 Å². The van der Waals surface area contributed by atoms with Gasteiger partial charge in [0.15, 0.2) is 0 Å². The molecule has 0 aliphatic carbocycles. The fourth-order valence-electron chi connectivity index (χ4n) is 3.24. The third kappa shape index (κ3) is 4.28. The topological polar surface area (TPSA) is 53.6 Å². The predicted octanol–water partition coefficient (Wildman–Crippen LogP) is 1.17. The van der Waals surface area contributed by atoms with Crippen LogP contribution in [-0.2, 0) is 9.53 Å². The van der Waals surface area contributed by atoms with Gasteiger partial charge in [-0.1, -0.05) is 30.3 Å². The van der Waals surface area contributed by atoms with Crippen LogP contribution >= 0.6 is 0 Å². The molecule has 0 bridgehead atoms. The molecule has 5 nitrogen and oxygen atoms in total. The van der Waals surface area contributed by atoms with Gasteiger partial charge in [0.25, 0.3) is 5.92 Å². The SMILES string of the molecule is O=C(NCC(c1ccccc1)N1CCOCC1)C1CC(F)(F)CN1. The lowest BCUT2D eigenvalue weighted by Crippen LogP contribution is -2.47. The molecule has 2 unspecified atom stereocenters. The summed E-state index contributed by atoms with van der Waals surface area (Å²) in [6.45, 7) is 2.86. The van der Waals surface area contributed by atoms with E-state index in [-0.39, 0.29) is 11.9 Å². The molecule has 2 aliphatic heterocycles. The van der Waals surface area contributed by atoms with Gasteiger partial charge in [-0.25, -0.2) is 8.78 Å². The predicted molar refractivity (Wildman–Crippen MR) is 85.9 cm³/mol. The number of hydrogen-bond donors (Lipinski definition) is 2. The van der Waals surface area contributed by atoms with Gasteiger partial charge in [-0.15, -0.1) is 0 Å². The number of amides is 1. The molecular formula is C17H23F2N3O2. The fraction of sp³-hybridized carbons (Fsp3) is 0.588. The minimum Gasteiger partial charge on any atom is -0.379 e. The smallest absolute Gasteiger partial charge is 0.262 e. The summed E-state index contributed by atoms with van der Waals surface area (Å²) in [4.78, 5) is 14.5. The Bertz CT molecular complexity index is 550. The van der Waals surface area contributed by atoms with Crippen molar-refractivity contribution in [3.8, 4) is 0 Å². The lowest BCUT2D eigenvalue weighted by molar-refractivity contribution is -0.123. The highest BCUT2D eigenvalue weighted by Crippen LogP contribution is 2.25. The van der Waals surface area contributed by atoms with Crippen LogP contribution in [0.2, 0.25) is 0 Å². The molecule has 2 N–H and O–H groups in total. The van der Waals surface area contributed by atoms with Gasteiger partial charge in [0, 0.05) is 26.1 Å². The zero-order valence-corrected chi connectivity index (χ0v) is 13.5. The van der Waals surface area contributed by atoms with E-state index in [1.54, 1.807) is 0 Å². The number of nitrogens with zero attached hydrogens (tertiary/aromatic N) is 1. The molecule has 1 aromatic carbocycles. The molecule has 2 saturated heterocycles. The molecule has 24 heavy (non-hydrogen) atoms. The van der Waals surface area contributed by atoms with Gasteiger partial charge in [0.1, 0.15) is 0 Å². The molecule has 3 rings (SSSR count). The van der Waals surface area contributed by atoms with Crippen LogP contribution in [0, 0.1) is 0 Å². The number of halogens is 2. The van der Waals surface area contributed by atoms with Crippen molar-refractivity contribution in [1.82, 2.24) is 15.5 Å². The Morgan fingerprint density at radius 3 is 2.67 bits per heavy atom. The maximum absolute atomic E-state index is 13.2. The Balaban J connectivity index is 1.62. The largest absolute Gasteiger partial charge is 0.379 e. The van der Waals surface area contributed by atoms with Crippen molar-refractivity contribution in [2.45, 2.75) is 24.4 Å². The minimum absolute atomic E-state index is 0.0148. The van der Waals surface area contributed by atoms with Crippen LogP contribution in [-0.4, -0.2) is 62.2 Å². The number of hydrogen-bond acceptors (Lipinski definition) is 4. The molecule has 2 fully saturated rings. The zero-order valence-electron chi connectivity index (χ0n) is 13.5. The van der Waals surface area contributed by atoms with E-state index in [0.717, 1.165) is 18.7 Å². The van der Waals surface area contributed by atoms with Gasteiger partial charge in [-0.3, -0.25) is 15.0 Å². The number of nitrogens with one attached hydrogen (secondary N) is 2. The van der Waals surface area contributed by atoms with Crippen LogP contribution in [0.1, 0.15) is 18.0 Å². The fourth-order valence-corrected chi connectivity index (χ4v) is 3.24. The third-order valence-electron chi connectivity index (χ3n) is 4.57. The number of morpholine rings is 1. The molecule has 2 aliphatic rings. The summed E-state index contributed by atoms with van der Waals surface area (Å²) >= 11 is 0. The summed E-state index contributed by atoms with van der Waals surface area (Å²) < 4.78 is 31.9. The number of carbonyl (C=O) groups is 1. The Kier molecular flexibility index (Phi) is 5.43. The standard InChI is InChI=1S/C17H23F2N3O2/c18-17(19)10-14(21-12-17)16(23)20-11-15(13-4-2-1-3-5-13)22-6-8-24-9-7-22/h1-5,14-15,21H,6-12H2,(H,20,23). The summed E-state index contributed by atoms with van der Waals surface area (Å²) in [6, 6.07) is 9.11. The van der Waals surface area contributed by atoms with Gasteiger partial charge in [0.05, 0.1) is 31.8 Å². The lowest BCUT2D eigenvalue weighted by Gasteiger charge is -2.35. The number of ether oxygens (including phenoxy) is 1. The van der Waals surface area contributed by atoms with E-state index >= 15 is 0 Å². The first kappa shape index (κ1) is 17.3. The first-order valence-electron chi connectivity index (χ1n) is 8.31. The van der Waals surface area contributed by atoms with E-state index in [1.165, 1.54) is 0 Å². The van der Waals surface area contributed by atoms with Gasteiger partial charge in [-0.2, -0.15) is 0 Å². The van der Waals surface area contributed by atoms with Crippen molar-refractivity contribution >= 4 is 5.91 Å². The highest BCUT2D eigenvalue weighted by molar-refractivity contribution is 5.82. The van der Waals surface area contributed by atoms with Crippen molar-refractivity contribution in [1.29, 1.82) is 0 Å². The molecule has 0 radical (unpaired) electrons. The number of alkyl halides is 2. The Labute approximate surface area is 140 Å². The maximum Gasteiger partial charge on any atom is 0.262 e. The van der Waals surface area contributed by atoms with E-state index in [0.29, 0.717) is 19.8 Å². The minimum atomic E-state index is -2.80. The highest BCUT2D eigenvalue weighted by atomic mass is 19.3. The lowest BCUT2D eigenvalue weighted by atomic mass is 10.0. The van der Waals surface area contributed by atoms with Crippen molar-refractivity contribution in [3.63, 3.8) is 0 Å². The van der Waals surface area contributed by atoms with E-state index < -0.39 is 24.9 Å². The average molecular weight is 339 g/mol. The molecular weight excluding hydrogens is 316 g/mol. The van der Waals surface area contributed by atoms with E-state index in [2.05, 4.69) is 15.5 Å². The third-order valence-corrected chi connectivity index (χ3v) is 4.57. The monoisotopic (exact) mass is 339 g/mol. The molecule has 0 saturated carbocycles. The van der Waals surface area contributed by atoms with E-state index in [1.807, 2.05) is 30.3 Å². The second-order valence-electron chi connectivity index (χ2n) is 6.31. The Hall–Kier alpha value is -1.57. The average Bonchev–Trinajstić information content (AvgIpc) is 2.97. The highest BCUT2D eigenvalue weighted by Gasteiger charge is 2.42. The summed E-state index contributed by atoms with van der Waals surface area (Å²) in [5.41, 5.74) is 1.10. The van der Waals surface area contributed by atoms with Gasteiger partial charge in [-0.05, 0) is 5.56 Å². The second kappa shape index (κ2) is 7.55. The number of benzene rings is 1. The van der Waals surface area contributed by atoms with Crippen molar-refractivity contribution < 1.29 is 18.3 Å². The normalized spacial score (nSPS) is 25.3. The van der Waals surface area contributed by atoms with Crippen LogP contribution < -0.4 is 10.6 Å². The first-order chi connectivity index (χ1) is 11.6. The molecule has 0 aromatic heterocycles. The molecule has 1 aromatic rings. The summed E-state index contributed by atoms with van der Waals surface area (Å²) in [6.07, 6.45) is -0.438. The molecule has 2 heterocycles. The second-order valence-corrected chi connectivity index (χ2v) is 6.31. The van der Waals surface area contributed by atoms with Crippen LogP contribution in [0.15, 0.2) is 30.3 Å². The summed E-state index contributed by atoms with van der Waals surface area (Å²) in [7, 11) is 0. The molecule has 2 atom stereocenters. The van der Waals surface area contributed by atoms with E-state index in [4.69, 9.17) is 4.74 Å². The number of carbonyl (C=O) groups excluding carboxylic acids is 1. The van der Waals surface area contributed by atoms with Crippen molar-refractivity contribution in [2.24, 2.45) is 0 Å². The summed E-state index contributed by atoms with van der Waals surface area (Å²) in [5, 5.41) is 5.44. The quantitative estimate of drug-likeness (QED) is 0.846. The molecule has 0 spiro atoms. The molecule has 1 amide bonds. The van der Waals surface area contributed by atoms with Crippen molar-refractivity contribution in [3.05, 3.63) is 35.9 Å². The van der Waals surface area contributed by atoms with Crippen LogP contribution in [0.3, 0.4) is 0 Å².